The quantitative estimate of drug-likeness (QED) is 0.704. The predicted molar refractivity (Wildman–Crippen MR) is 51.8 cm³/mol. The summed E-state index contributed by atoms with van der Waals surface area (Å²) in [5.74, 6) is -0.998. The fourth-order valence-electron chi connectivity index (χ4n) is 1.33. The van der Waals surface area contributed by atoms with Crippen LogP contribution in [0.1, 0.15) is 15.9 Å². The highest BCUT2D eigenvalue weighted by Gasteiger charge is 2.29. The lowest BCUT2D eigenvalue weighted by Crippen LogP contribution is -2.12. The van der Waals surface area contributed by atoms with Gasteiger partial charge in [-0.05, 0) is 24.6 Å². The van der Waals surface area contributed by atoms with Crippen LogP contribution in [0.4, 0.5) is 5.69 Å². The number of amides is 1. The van der Waals surface area contributed by atoms with Crippen molar-refractivity contribution in [2.45, 2.75) is 6.92 Å². The van der Waals surface area contributed by atoms with E-state index in [2.05, 4.69) is 21.2 Å². The molecular formula is C9H6BrNO2. The highest BCUT2D eigenvalue weighted by Crippen LogP contribution is 2.31. The summed E-state index contributed by atoms with van der Waals surface area (Å²) in [4.78, 5) is 22.3. The van der Waals surface area contributed by atoms with Crippen LogP contribution in [-0.4, -0.2) is 11.7 Å². The SMILES string of the molecule is Cc1c(Br)ccc2c1NC(=O)C2=O. The molecule has 4 heteroatoms. The zero-order valence-electron chi connectivity index (χ0n) is 6.85. The van der Waals surface area contributed by atoms with Crippen LogP contribution < -0.4 is 5.32 Å². The van der Waals surface area contributed by atoms with Crippen molar-refractivity contribution in [2.75, 3.05) is 5.32 Å². The molecule has 0 spiro atoms. The highest BCUT2D eigenvalue weighted by molar-refractivity contribution is 9.10. The number of carbonyl (C=O) groups is 2. The maximum atomic E-state index is 11.2. The number of carbonyl (C=O) groups excluding carboxylic acids is 2. The molecule has 1 aliphatic rings. The molecule has 0 bridgehead atoms. The van der Waals surface area contributed by atoms with Crippen molar-refractivity contribution >= 4 is 33.3 Å². The maximum Gasteiger partial charge on any atom is 0.296 e. The van der Waals surface area contributed by atoms with Crippen molar-refractivity contribution in [1.82, 2.24) is 0 Å². The Morgan fingerprint density at radius 1 is 1.31 bits per heavy atom. The molecule has 0 unspecified atom stereocenters. The van der Waals surface area contributed by atoms with Gasteiger partial charge in [-0.1, -0.05) is 15.9 Å². The second-order valence-electron chi connectivity index (χ2n) is 2.88. The minimum atomic E-state index is -0.545. The average molecular weight is 240 g/mol. The topological polar surface area (TPSA) is 46.2 Å². The Balaban J connectivity index is 2.70. The van der Waals surface area contributed by atoms with E-state index in [1.54, 1.807) is 12.1 Å². The minimum Gasteiger partial charge on any atom is -0.318 e. The Morgan fingerprint density at radius 3 is 2.69 bits per heavy atom. The van der Waals surface area contributed by atoms with Crippen LogP contribution >= 0.6 is 15.9 Å². The largest absolute Gasteiger partial charge is 0.318 e. The van der Waals surface area contributed by atoms with Crippen molar-refractivity contribution in [3.63, 3.8) is 0 Å². The van der Waals surface area contributed by atoms with E-state index in [0.717, 1.165) is 10.0 Å². The van der Waals surface area contributed by atoms with Crippen molar-refractivity contribution in [1.29, 1.82) is 0 Å². The third-order valence-corrected chi connectivity index (χ3v) is 2.95. The fourth-order valence-corrected chi connectivity index (χ4v) is 1.66. The number of Topliss-reactive ketones (excluding diaryl/α,β-unsaturated/α-hetero) is 1. The van der Waals surface area contributed by atoms with E-state index in [9.17, 15) is 9.59 Å². The van der Waals surface area contributed by atoms with Gasteiger partial charge in [0.05, 0.1) is 11.3 Å². The van der Waals surface area contributed by atoms with E-state index in [4.69, 9.17) is 0 Å². The van der Waals surface area contributed by atoms with Crippen LogP contribution in [0.15, 0.2) is 16.6 Å². The zero-order valence-corrected chi connectivity index (χ0v) is 8.44. The van der Waals surface area contributed by atoms with E-state index >= 15 is 0 Å². The number of halogens is 1. The number of fused-ring (bicyclic) bond motifs is 1. The van der Waals surface area contributed by atoms with Gasteiger partial charge in [0.1, 0.15) is 0 Å². The van der Waals surface area contributed by atoms with Gasteiger partial charge in [0.2, 0.25) is 0 Å². The molecule has 1 aromatic carbocycles. The van der Waals surface area contributed by atoms with Crippen LogP contribution in [-0.2, 0) is 4.79 Å². The first-order chi connectivity index (χ1) is 6.11. The Bertz CT molecular complexity index is 426. The van der Waals surface area contributed by atoms with E-state index in [-0.39, 0.29) is 0 Å². The van der Waals surface area contributed by atoms with Crippen LogP contribution in [0, 0.1) is 6.92 Å². The lowest BCUT2D eigenvalue weighted by molar-refractivity contribution is -0.112. The summed E-state index contributed by atoms with van der Waals surface area (Å²) in [6, 6.07) is 3.42. The third kappa shape index (κ3) is 1.09. The number of hydrogen-bond acceptors (Lipinski definition) is 2. The number of nitrogens with one attached hydrogen (secondary N) is 1. The van der Waals surface area contributed by atoms with Crippen molar-refractivity contribution in [2.24, 2.45) is 0 Å². The Hall–Kier alpha value is -1.16. The second-order valence-corrected chi connectivity index (χ2v) is 3.73. The molecule has 0 atom stereocenters. The number of benzene rings is 1. The molecule has 1 amide bonds. The zero-order chi connectivity index (χ0) is 9.59. The Labute approximate surface area is 83.3 Å². The molecule has 66 valence electrons. The molecule has 0 fully saturated rings. The number of ketones is 1. The summed E-state index contributed by atoms with van der Waals surface area (Å²) in [6.07, 6.45) is 0. The summed E-state index contributed by atoms with van der Waals surface area (Å²) >= 11 is 3.33. The molecule has 1 N–H and O–H groups in total. The molecule has 0 radical (unpaired) electrons. The molecule has 3 nitrogen and oxygen atoms in total. The average Bonchev–Trinajstić information content (AvgIpc) is 2.38. The van der Waals surface area contributed by atoms with Gasteiger partial charge in [0, 0.05) is 4.47 Å². The lowest BCUT2D eigenvalue weighted by atomic mass is 10.1. The molecule has 0 saturated heterocycles. The number of anilines is 1. The van der Waals surface area contributed by atoms with E-state index in [1.807, 2.05) is 6.92 Å². The standard InChI is InChI=1S/C9H6BrNO2/c1-4-6(10)3-2-5-7(4)11-9(13)8(5)12/h2-3H,1H3,(H,11,12,13). The van der Waals surface area contributed by atoms with E-state index in [1.165, 1.54) is 0 Å². The van der Waals surface area contributed by atoms with Gasteiger partial charge in [0.15, 0.2) is 0 Å². The lowest BCUT2D eigenvalue weighted by Gasteiger charge is -2.03. The summed E-state index contributed by atoms with van der Waals surface area (Å²) < 4.78 is 0.890. The van der Waals surface area contributed by atoms with Gasteiger partial charge >= 0.3 is 0 Å². The molecule has 1 aromatic rings. The second kappa shape index (κ2) is 2.67. The highest BCUT2D eigenvalue weighted by atomic mass is 79.9. The third-order valence-electron chi connectivity index (χ3n) is 2.09. The van der Waals surface area contributed by atoms with Gasteiger partial charge in [-0.25, -0.2) is 0 Å². The molecule has 0 saturated carbocycles. The van der Waals surface area contributed by atoms with Crippen LogP contribution in [0.3, 0.4) is 0 Å². The first-order valence-electron chi connectivity index (χ1n) is 3.76. The predicted octanol–water partition coefficient (Wildman–Crippen LogP) is 1.89. The summed E-state index contributed by atoms with van der Waals surface area (Å²) in [6.45, 7) is 1.85. The van der Waals surface area contributed by atoms with Crippen molar-refractivity contribution in [3.05, 3.63) is 27.7 Å². The van der Waals surface area contributed by atoms with Gasteiger partial charge in [0.25, 0.3) is 11.7 Å². The molecular weight excluding hydrogens is 234 g/mol. The van der Waals surface area contributed by atoms with Crippen LogP contribution in [0.2, 0.25) is 0 Å². The van der Waals surface area contributed by atoms with Gasteiger partial charge < -0.3 is 5.32 Å². The first kappa shape index (κ1) is 8.44. The minimum absolute atomic E-state index is 0.453. The monoisotopic (exact) mass is 239 g/mol. The van der Waals surface area contributed by atoms with Crippen molar-refractivity contribution in [3.8, 4) is 0 Å². The Morgan fingerprint density at radius 2 is 2.00 bits per heavy atom. The number of rotatable bonds is 0. The fraction of sp³-hybridized carbons (Fsp3) is 0.111. The van der Waals surface area contributed by atoms with E-state index < -0.39 is 11.7 Å². The normalized spacial score (nSPS) is 14.3. The van der Waals surface area contributed by atoms with Gasteiger partial charge in [-0.3, -0.25) is 9.59 Å². The molecule has 0 aliphatic carbocycles. The first-order valence-corrected chi connectivity index (χ1v) is 4.55. The number of hydrogen-bond donors (Lipinski definition) is 1. The smallest absolute Gasteiger partial charge is 0.296 e. The van der Waals surface area contributed by atoms with Crippen LogP contribution in [0.5, 0.6) is 0 Å². The van der Waals surface area contributed by atoms with E-state index in [0.29, 0.717) is 11.3 Å². The van der Waals surface area contributed by atoms with Gasteiger partial charge in [-0.15, -0.1) is 0 Å². The molecule has 0 aromatic heterocycles. The summed E-state index contributed by atoms with van der Waals surface area (Å²) in [7, 11) is 0. The molecule has 1 aliphatic heterocycles. The summed E-state index contributed by atoms with van der Waals surface area (Å²) in [5, 5.41) is 2.54. The maximum absolute atomic E-state index is 11.2. The van der Waals surface area contributed by atoms with Crippen molar-refractivity contribution < 1.29 is 9.59 Å². The molecule has 1 heterocycles. The molecule has 2 rings (SSSR count). The Kier molecular flexibility index (Phi) is 1.73. The van der Waals surface area contributed by atoms with Gasteiger partial charge in [-0.2, -0.15) is 0 Å². The van der Waals surface area contributed by atoms with Crippen LogP contribution in [0.25, 0.3) is 0 Å². The molecule has 13 heavy (non-hydrogen) atoms. The summed E-state index contributed by atoms with van der Waals surface area (Å²) in [5.41, 5.74) is 1.98.